The average Bonchev–Trinajstić information content (AvgIpc) is 2.83. The van der Waals surface area contributed by atoms with Gasteiger partial charge in [-0.1, -0.05) is 27.2 Å². The number of aliphatic hydroxyl groups excluding tert-OH is 1. The van der Waals surface area contributed by atoms with Crippen molar-refractivity contribution in [1.82, 2.24) is 5.32 Å². The first kappa shape index (κ1) is 13.4. The van der Waals surface area contributed by atoms with E-state index in [1.165, 1.54) is 32.2 Å². The lowest BCUT2D eigenvalue weighted by Gasteiger charge is -2.33. The summed E-state index contributed by atoms with van der Waals surface area (Å²) in [5, 5.41) is 12.9. The molecular formula is C15H29NO. The zero-order valence-electron chi connectivity index (χ0n) is 11.7. The highest BCUT2D eigenvalue weighted by atomic mass is 16.3. The predicted octanol–water partition coefficient (Wildman–Crippen LogP) is 2.81. The molecule has 2 aliphatic carbocycles. The highest BCUT2D eigenvalue weighted by Gasteiger charge is 2.39. The predicted molar refractivity (Wildman–Crippen MR) is 71.9 cm³/mol. The minimum atomic E-state index is 0.250. The van der Waals surface area contributed by atoms with Crippen molar-refractivity contribution >= 4 is 0 Å². The lowest BCUT2D eigenvalue weighted by Crippen LogP contribution is -2.43. The van der Waals surface area contributed by atoms with Gasteiger partial charge in [0.2, 0.25) is 0 Å². The smallest absolute Gasteiger partial charge is 0.0446 e. The highest BCUT2D eigenvalue weighted by Crippen LogP contribution is 2.48. The summed E-state index contributed by atoms with van der Waals surface area (Å²) in [5.74, 6) is 2.96. The minimum Gasteiger partial charge on any atom is -0.396 e. The Morgan fingerprint density at radius 3 is 2.47 bits per heavy atom. The monoisotopic (exact) mass is 239 g/mol. The number of rotatable bonds is 5. The van der Waals surface area contributed by atoms with E-state index in [2.05, 4.69) is 26.1 Å². The topological polar surface area (TPSA) is 32.3 Å². The van der Waals surface area contributed by atoms with Crippen molar-refractivity contribution in [3.8, 4) is 0 Å². The van der Waals surface area contributed by atoms with Crippen LogP contribution in [0.5, 0.6) is 0 Å². The van der Waals surface area contributed by atoms with Crippen LogP contribution in [-0.2, 0) is 0 Å². The van der Waals surface area contributed by atoms with Crippen LogP contribution >= 0.6 is 0 Å². The van der Waals surface area contributed by atoms with Gasteiger partial charge in [0.25, 0.3) is 0 Å². The molecular weight excluding hydrogens is 210 g/mol. The van der Waals surface area contributed by atoms with E-state index in [9.17, 15) is 0 Å². The van der Waals surface area contributed by atoms with Crippen molar-refractivity contribution in [1.29, 1.82) is 0 Å². The molecule has 2 rings (SSSR count). The molecule has 2 N–H and O–H groups in total. The van der Waals surface area contributed by atoms with E-state index in [1.807, 2.05) is 0 Å². The molecule has 0 spiro atoms. The third-order valence-electron chi connectivity index (χ3n) is 4.97. The molecule has 0 radical (unpaired) electrons. The van der Waals surface area contributed by atoms with Gasteiger partial charge in [0.15, 0.2) is 0 Å². The lowest BCUT2D eigenvalue weighted by atomic mass is 9.83. The molecule has 0 aliphatic heterocycles. The van der Waals surface area contributed by atoms with Crippen LogP contribution in [-0.4, -0.2) is 24.3 Å². The summed E-state index contributed by atoms with van der Waals surface area (Å²) < 4.78 is 0. The molecule has 0 aromatic carbocycles. The molecule has 0 aromatic heterocycles. The second-order valence-corrected chi connectivity index (χ2v) is 7.27. The molecule has 2 fully saturated rings. The average molecular weight is 239 g/mol. The van der Waals surface area contributed by atoms with Gasteiger partial charge in [-0.25, -0.2) is 0 Å². The molecule has 2 saturated carbocycles. The number of hydrogen-bond acceptors (Lipinski definition) is 2. The van der Waals surface area contributed by atoms with Crippen LogP contribution < -0.4 is 5.32 Å². The normalized spacial score (nSPS) is 34.2. The van der Waals surface area contributed by atoms with Crippen LogP contribution in [0.15, 0.2) is 0 Å². The SMILES string of the molecule is CC(C)(C)C(CCO)NCC1CC2CCC1C2. The first-order chi connectivity index (χ1) is 8.00. The van der Waals surface area contributed by atoms with E-state index >= 15 is 0 Å². The quantitative estimate of drug-likeness (QED) is 0.773. The highest BCUT2D eigenvalue weighted by molar-refractivity contribution is 4.92. The van der Waals surface area contributed by atoms with Gasteiger partial charge in [0.1, 0.15) is 0 Å². The Balaban J connectivity index is 1.79. The second-order valence-electron chi connectivity index (χ2n) is 7.27. The van der Waals surface area contributed by atoms with Crippen molar-refractivity contribution in [2.45, 2.75) is 58.9 Å². The van der Waals surface area contributed by atoms with Gasteiger partial charge in [0.05, 0.1) is 0 Å². The molecule has 2 heteroatoms. The molecule has 4 atom stereocenters. The van der Waals surface area contributed by atoms with Crippen LogP contribution in [0, 0.1) is 23.2 Å². The molecule has 0 heterocycles. The van der Waals surface area contributed by atoms with E-state index in [-0.39, 0.29) is 5.41 Å². The third-order valence-corrected chi connectivity index (χ3v) is 4.97. The summed E-state index contributed by atoms with van der Waals surface area (Å²) >= 11 is 0. The second kappa shape index (κ2) is 5.27. The Morgan fingerprint density at radius 2 is 2.00 bits per heavy atom. The summed E-state index contributed by atoms with van der Waals surface area (Å²) in [6.07, 6.45) is 6.78. The molecule has 2 nitrogen and oxygen atoms in total. The summed E-state index contributed by atoms with van der Waals surface area (Å²) in [7, 11) is 0. The zero-order valence-corrected chi connectivity index (χ0v) is 11.7. The van der Waals surface area contributed by atoms with Crippen molar-refractivity contribution < 1.29 is 5.11 Å². The summed E-state index contributed by atoms with van der Waals surface area (Å²) in [6, 6.07) is 0.451. The first-order valence-corrected chi connectivity index (χ1v) is 7.35. The maximum atomic E-state index is 9.16. The Bertz CT molecular complexity index is 246. The van der Waals surface area contributed by atoms with Crippen molar-refractivity contribution in [3.63, 3.8) is 0 Å². The molecule has 0 aromatic rings. The van der Waals surface area contributed by atoms with Gasteiger partial charge in [-0.3, -0.25) is 0 Å². The van der Waals surface area contributed by atoms with Crippen LogP contribution in [0.1, 0.15) is 52.9 Å². The minimum absolute atomic E-state index is 0.250. The Kier molecular flexibility index (Phi) is 4.14. The van der Waals surface area contributed by atoms with E-state index < -0.39 is 0 Å². The lowest BCUT2D eigenvalue weighted by molar-refractivity contribution is 0.184. The van der Waals surface area contributed by atoms with Crippen LogP contribution in [0.3, 0.4) is 0 Å². The molecule has 2 bridgehead atoms. The van der Waals surface area contributed by atoms with Gasteiger partial charge >= 0.3 is 0 Å². The molecule has 0 amide bonds. The van der Waals surface area contributed by atoms with Crippen LogP contribution in [0.4, 0.5) is 0 Å². The Labute approximate surface area is 106 Å². The van der Waals surface area contributed by atoms with Crippen molar-refractivity contribution in [2.75, 3.05) is 13.2 Å². The molecule has 4 unspecified atom stereocenters. The van der Waals surface area contributed by atoms with Gasteiger partial charge in [-0.2, -0.15) is 0 Å². The molecule has 0 saturated heterocycles. The number of hydrogen-bond donors (Lipinski definition) is 2. The fourth-order valence-electron chi connectivity index (χ4n) is 3.89. The van der Waals surface area contributed by atoms with E-state index in [1.54, 1.807) is 0 Å². The number of aliphatic hydroxyl groups is 1. The van der Waals surface area contributed by atoms with Crippen LogP contribution in [0.2, 0.25) is 0 Å². The first-order valence-electron chi connectivity index (χ1n) is 7.35. The van der Waals surface area contributed by atoms with Crippen molar-refractivity contribution in [3.05, 3.63) is 0 Å². The Hall–Kier alpha value is -0.0800. The molecule has 2 aliphatic rings. The van der Waals surface area contributed by atoms with Gasteiger partial charge < -0.3 is 10.4 Å². The van der Waals surface area contributed by atoms with Gasteiger partial charge in [0, 0.05) is 12.6 Å². The van der Waals surface area contributed by atoms with Crippen molar-refractivity contribution in [2.24, 2.45) is 23.2 Å². The summed E-state index contributed by atoms with van der Waals surface area (Å²) in [4.78, 5) is 0. The number of fused-ring (bicyclic) bond motifs is 2. The third kappa shape index (κ3) is 3.23. The Morgan fingerprint density at radius 1 is 1.24 bits per heavy atom. The standard InChI is InChI=1S/C15H29NO/c1-15(2,3)14(6-7-17)16-10-13-9-11-4-5-12(13)8-11/h11-14,16-17H,4-10H2,1-3H3. The largest absolute Gasteiger partial charge is 0.396 e. The zero-order chi connectivity index (χ0) is 12.5. The van der Waals surface area contributed by atoms with E-state index in [0.29, 0.717) is 12.6 Å². The fourth-order valence-corrected chi connectivity index (χ4v) is 3.89. The molecule has 100 valence electrons. The maximum Gasteiger partial charge on any atom is 0.0446 e. The van der Waals surface area contributed by atoms with E-state index in [0.717, 1.165) is 24.2 Å². The summed E-state index contributed by atoms with van der Waals surface area (Å²) in [6.45, 7) is 8.26. The fraction of sp³-hybridized carbons (Fsp3) is 1.00. The maximum absolute atomic E-state index is 9.16. The molecule has 17 heavy (non-hydrogen) atoms. The van der Waals surface area contributed by atoms with E-state index in [4.69, 9.17) is 5.11 Å². The number of nitrogens with one attached hydrogen (secondary N) is 1. The summed E-state index contributed by atoms with van der Waals surface area (Å²) in [5.41, 5.74) is 0.250. The van der Waals surface area contributed by atoms with Gasteiger partial charge in [-0.05, 0) is 55.4 Å². The van der Waals surface area contributed by atoms with Gasteiger partial charge in [-0.15, -0.1) is 0 Å². The van der Waals surface area contributed by atoms with Crippen LogP contribution in [0.25, 0.3) is 0 Å².